The zero-order valence-corrected chi connectivity index (χ0v) is 20.8. The molecule has 0 aliphatic carbocycles. The molecule has 3 amide bonds. The molecule has 33 heavy (non-hydrogen) atoms. The lowest BCUT2D eigenvalue weighted by Crippen LogP contribution is -2.49. The van der Waals surface area contributed by atoms with Crippen molar-refractivity contribution in [2.45, 2.75) is 19.9 Å². The molecule has 2 aromatic carbocycles. The van der Waals surface area contributed by atoms with Gasteiger partial charge in [-0.3, -0.25) is 19.3 Å². The van der Waals surface area contributed by atoms with Gasteiger partial charge in [0.1, 0.15) is 6.04 Å². The largest absolute Gasteiger partial charge is 0.454 e. The quantitative estimate of drug-likeness (QED) is 0.213. The van der Waals surface area contributed by atoms with Crippen LogP contribution in [0.25, 0.3) is 0 Å². The first-order valence-electron chi connectivity index (χ1n) is 9.42. The predicted molar refractivity (Wildman–Crippen MR) is 127 cm³/mol. The molecule has 7 nitrogen and oxygen atoms in total. The molecule has 0 saturated carbocycles. The number of benzene rings is 2. The molecule has 1 N–H and O–H groups in total. The lowest BCUT2D eigenvalue weighted by Gasteiger charge is -2.27. The summed E-state index contributed by atoms with van der Waals surface area (Å²) in [4.78, 5) is 51.9. The highest BCUT2D eigenvalue weighted by atomic mass is 35.5. The molecular weight excluding hydrogens is 538 g/mol. The molecule has 0 fully saturated rings. The maximum Gasteiger partial charge on any atom is 0.330 e. The van der Waals surface area contributed by atoms with E-state index < -0.39 is 42.3 Å². The number of fused-ring (bicyclic) bond motifs is 1. The van der Waals surface area contributed by atoms with Crippen molar-refractivity contribution in [2.75, 3.05) is 11.9 Å². The second-order valence-electron chi connectivity index (χ2n) is 7.31. The topological polar surface area (TPSA) is 92.8 Å². The second kappa shape index (κ2) is 10.1. The van der Waals surface area contributed by atoms with Crippen molar-refractivity contribution in [1.29, 1.82) is 0 Å². The average Bonchev–Trinajstić information content (AvgIpc) is 3.01. The summed E-state index contributed by atoms with van der Waals surface area (Å²) in [6.45, 7) is 2.53. The van der Waals surface area contributed by atoms with Crippen LogP contribution < -0.4 is 5.32 Å². The lowest BCUT2D eigenvalue weighted by molar-refractivity contribution is -0.152. The molecule has 0 bridgehead atoms. The van der Waals surface area contributed by atoms with Crippen molar-refractivity contribution >= 4 is 87.4 Å². The highest BCUT2D eigenvalue weighted by molar-refractivity contribution is 6.55. The molecule has 2 aromatic rings. The minimum atomic E-state index is -1.37. The van der Waals surface area contributed by atoms with Crippen LogP contribution in [0.5, 0.6) is 0 Å². The molecule has 0 saturated heterocycles. The smallest absolute Gasteiger partial charge is 0.330 e. The molecular formula is C21H15Cl5N2O5. The van der Waals surface area contributed by atoms with Gasteiger partial charge in [-0.1, -0.05) is 84.0 Å². The van der Waals surface area contributed by atoms with Crippen molar-refractivity contribution in [3.63, 3.8) is 0 Å². The summed E-state index contributed by atoms with van der Waals surface area (Å²) in [7, 11) is 0. The summed E-state index contributed by atoms with van der Waals surface area (Å²) >= 11 is 30.3. The molecule has 1 aliphatic heterocycles. The predicted octanol–water partition coefficient (Wildman–Crippen LogP) is 5.76. The summed E-state index contributed by atoms with van der Waals surface area (Å²) in [5.41, 5.74) is -0.175. The van der Waals surface area contributed by atoms with Crippen LogP contribution in [0.1, 0.15) is 34.6 Å². The number of nitrogens with one attached hydrogen (secondary N) is 1. The maximum atomic E-state index is 13.1. The van der Waals surface area contributed by atoms with Gasteiger partial charge in [0, 0.05) is 0 Å². The zero-order chi connectivity index (χ0) is 24.6. The number of rotatable bonds is 6. The van der Waals surface area contributed by atoms with Gasteiger partial charge in [0.15, 0.2) is 6.61 Å². The summed E-state index contributed by atoms with van der Waals surface area (Å²) in [5, 5.41) is 1.92. The van der Waals surface area contributed by atoms with Gasteiger partial charge in [-0.2, -0.15) is 0 Å². The SMILES string of the molecule is CC(C)[C@H](C(=O)OCC(=O)Nc1ccccc1Cl)N1C(=O)c2c(Cl)c(Cl)c(Cl)c(Cl)c2C1=O. The van der Waals surface area contributed by atoms with E-state index in [0.29, 0.717) is 15.6 Å². The van der Waals surface area contributed by atoms with Crippen molar-refractivity contribution in [1.82, 2.24) is 4.90 Å². The van der Waals surface area contributed by atoms with Crippen molar-refractivity contribution in [3.05, 3.63) is 60.5 Å². The lowest BCUT2D eigenvalue weighted by atomic mass is 10.0. The first kappa shape index (κ1) is 25.6. The molecule has 174 valence electrons. The minimum absolute atomic E-state index is 0.190. The van der Waals surface area contributed by atoms with Crippen LogP contribution in [0.4, 0.5) is 5.69 Å². The van der Waals surface area contributed by atoms with Crippen molar-refractivity contribution in [2.24, 2.45) is 5.92 Å². The number of nitrogens with zero attached hydrogens (tertiary/aromatic N) is 1. The van der Waals surface area contributed by atoms with Crippen LogP contribution in [-0.2, 0) is 14.3 Å². The Morgan fingerprint density at radius 2 is 1.42 bits per heavy atom. The van der Waals surface area contributed by atoms with Gasteiger partial charge in [0.25, 0.3) is 17.7 Å². The van der Waals surface area contributed by atoms with Crippen molar-refractivity contribution < 1.29 is 23.9 Å². The number of hydrogen-bond acceptors (Lipinski definition) is 5. The number of ether oxygens (including phenoxy) is 1. The molecule has 12 heteroatoms. The molecule has 1 aliphatic rings. The van der Waals surface area contributed by atoms with Crippen LogP contribution in [0, 0.1) is 5.92 Å². The third kappa shape index (κ3) is 4.79. The number of para-hydroxylation sites is 1. The number of hydrogen-bond donors (Lipinski definition) is 1. The van der Waals surface area contributed by atoms with E-state index in [1.807, 2.05) is 0 Å². The van der Waals surface area contributed by atoms with Gasteiger partial charge in [0.05, 0.1) is 41.9 Å². The van der Waals surface area contributed by atoms with Crippen molar-refractivity contribution in [3.8, 4) is 0 Å². The molecule has 1 atom stereocenters. The van der Waals surface area contributed by atoms with Gasteiger partial charge >= 0.3 is 5.97 Å². The van der Waals surface area contributed by atoms with E-state index >= 15 is 0 Å². The number of amides is 3. The highest BCUT2D eigenvalue weighted by Crippen LogP contribution is 2.45. The Morgan fingerprint density at radius 1 is 0.909 bits per heavy atom. The first-order chi connectivity index (χ1) is 15.5. The minimum Gasteiger partial charge on any atom is -0.454 e. The molecule has 0 unspecified atom stereocenters. The molecule has 0 aromatic heterocycles. The molecule has 1 heterocycles. The van der Waals surface area contributed by atoms with Gasteiger partial charge in [-0.15, -0.1) is 0 Å². The highest BCUT2D eigenvalue weighted by Gasteiger charge is 2.48. The van der Waals surface area contributed by atoms with E-state index in [1.54, 1.807) is 38.1 Å². The average molecular weight is 553 g/mol. The standard InChI is InChI=1S/C21H15Cl5N2O5/c1-8(2)18(21(32)33-7-11(29)27-10-6-4-3-5-9(10)22)28-19(30)12-13(20(28)31)15(24)17(26)16(25)14(12)23/h3-6,8,18H,7H2,1-2H3,(H,27,29)/t18-/m1/s1. The molecule has 0 radical (unpaired) electrons. The Kier molecular flexibility index (Phi) is 7.81. The zero-order valence-electron chi connectivity index (χ0n) is 17.0. The Bertz CT molecular complexity index is 1140. The Balaban J connectivity index is 1.82. The molecule has 3 rings (SSSR count). The number of halogens is 5. The van der Waals surface area contributed by atoms with E-state index in [-0.39, 0.29) is 31.2 Å². The van der Waals surface area contributed by atoms with Crippen LogP contribution in [0.3, 0.4) is 0 Å². The normalized spacial score (nSPS) is 13.9. The van der Waals surface area contributed by atoms with Crippen LogP contribution in [0.15, 0.2) is 24.3 Å². The molecule has 0 spiro atoms. The number of esters is 1. The maximum absolute atomic E-state index is 13.1. The Morgan fingerprint density at radius 3 is 1.91 bits per heavy atom. The summed E-state index contributed by atoms with van der Waals surface area (Å²) in [6, 6.07) is 5.14. The number of imide groups is 1. The summed E-state index contributed by atoms with van der Waals surface area (Å²) < 4.78 is 5.10. The number of carbonyl (C=O) groups excluding carboxylic acids is 4. The number of carbonyl (C=O) groups is 4. The monoisotopic (exact) mass is 550 g/mol. The van der Waals surface area contributed by atoms with Gasteiger partial charge in [0.2, 0.25) is 0 Å². The van der Waals surface area contributed by atoms with Crippen LogP contribution in [0.2, 0.25) is 25.1 Å². The fourth-order valence-corrected chi connectivity index (χ4v) is 4.46. The van der Waals surface area contributed by atoms with Gasteiger partial charge in [-0.25, -0.2) is 4.79 Å². The van der Waals surface area contributed by atoms with Crippen LogP contribution >= 0.6 is 58.0 Å². The Hall–Kier alpha value is -2.03. The first-order valence-corrected chi connectivity index (χ1v) is 11.3. The van der Waals surface area contributed by atoms with E-state index in [2.05, 4.69) is 5.32 Å². The Labute approximate surface area is 213 Å². The van der Waals surface area contributed by atoms with Gasteiger partial charge < -0.3 is 10.1 Å². The van der Waals surface area contributed by atoms with E-state index in [1.165, 1.54) is 0 Å². The van der Waals surface area contributed by atoms with E-state index in [4.69, 9.17) is 62.7 Å². The third-order valence-corrected chi connectivity index (χ3v) is 6.91. The summed E-state index contributed by atoms with van der Waals surface area (Å²) in [6.07, 6.45) is 0. The fourth-order valence-electron chi connectivity index (χ4n) is 3.27. The summed E-state index contributed by atoms with van der Waals surface area (Å²) in [5.74, 6) is -3.97. The van der Waals surface area contributed by atoms with Crippen LogP contribution in [-0.4, -0.2) is 41.2 Å². The van der Waals surface area contributed by atoms with E-state index in [9.17, 15) is 19.2 Å². The second-order valence-corrected chi connectivity index (χ2v) is 9.23. The number of anilines is 1. The fraction of sp³-hybridized carbons (Fsp3) is 0.238. The van der Waals surface area contributed by atoms with E-state index in [0.717, 1.165) is 0 Å². The third-order valence-electron chi connectivity index (χ3n) is 4.78. The van der Waals surface area contributed by atoms with Gasteiger partial charge in [-0.05, 0) is 18.1 Å².